The molecular formula is C13H12O3S. The molecule has 0 unspecified atom stereocenters. The van der Waals surface area contributed by atoms with Gasteiger partial charge in [-0.25, -0.2) is 4.79 Å². The van der Waals surface area contributed by atoms with Gasteiger partial charge in [-0.1, -0.05) is 18.2 Å². The van der Waals surface area contributed by atoms with Crippen LogP contribution in [0.4, 0.5) is 0 Å². The van der Waals surface area contributed by atoms with Crippen LogP contribution in [0.1, 0.15) is 14.5 Å². The predicted molar refractivity (Wildman–Crippen MR) is 67.0 cm³/mol. The lowest BCUT2D eigenvalue weighted by Gasteiger charge is -2.03. The van der Waals surface area contributed by atoms with Crippen molar-refractivity contribution in [1.29, 1.82) is 0 Å². The fourth-order valence-electron chi connectivity index (χ4n) is 1.43. The van der Waals surface area contributed by atoms with Crippen molar-refractivity contribution in [3.8, 4) is 11.5 Å². The van der Waals surface area contributed by atoms with E-state index in [2.05, 4.69) is 0 Å². The molecule has 1 aromatic heterocycles. The molecule has 0 radical (unpaired) electrons. The molecule has 88 valence electrons. The molecular weight excluding hydrogens is 236 g/mol. The summed E-state index contributed by atoms with van der Waals surface area (Å²) in [7, 11) is 1.54. The van der Waals surface area contributed by atoms with E-state index in [1.807, 2.05) is 31.2 Å². The molecule has 0 fully saturated rings. The Morgan fingerprint density at radius 3 is 2.59 bits per heavy atom. The van der Waals surface area contributed by atoms with Gasteiger partial charge in [0.25, 0.3) is 0 Å². The smallest absolute Gasteiger partial charge is 0.357 e. The first-order valence-electron chi connectivity index (χ1n) is 5.12. The highest BCUT2D eigenvalue weighted by molar-refractivity contribution is 7.14. The number of benzene rings is 1. The molecule has 0 amide bonds. The maximum atomic E-state index is 11.9. The van der Waals surface area contributed by atoms with Crippen LogP contribution in [0.3, 0.4) is 0 Å². The zero-order chi connectivity index (χ0) is 12.3. The first-order chi connectivity index (χ1) is 8.20. The Hall–Kier alpha value is -1.81. The first kappa shape index (κ1) is 11.7. The molecule has 2 aromatic rings. The number of hydrogen-bond donors (Lipinski definition) is 0. The van der Waals surface area contributed by atoms with E-state index in [-0.39, 0.29) is 5.97 Å². The Morgan fingerprint density at radius 2 is 1.94 bits per heavy atom. The van der Waals surface area contributed by atoms with Crippen molar-refractivity contribution in [2.45, 2.75) is 6.92 Å². The van der Waals surface area contributed by atoms with E-state index in [4.69, 9.17) is 9.47 Å². The third-order valence-electron chi connectivity index (χ3n) is 2.18. The van der Waals surface area contributed by atoms with Crippen molar-refractivity contribution in [3.05, 3.63) is 46.2 Å². The summed E-state index contributed by atoms with van der Waals surface area (Å²) in [5.74, 6) is 0.713. The third-order valence-corrected chi connectivity index (χ3v) is 3.19. The standard InChI is InChI=1S/C13H12O3S/c1-9-8-11(15-2)12(17-9)13(14)16-10-6-4-3-5-7-10/h3-8H,1-2H3. The minimum atomic E-state index is -0.383. The molecule has 0 spiro atoms. The van der Waals surface area contributed by atoms with Gasteiger partial charge in [0.1, 0.15) is 11.5 Å². The molecule has 0 saturated carbocycles. The Morgan fingerprint density at radius 1 is 1.24 bits per heavy atom. The van der Waals surface area contributed by atoms with Crippen LogP contribution in [0, 0.1) is 6.92 Å². The van der Waals surface area contributed by atoms with Gasteiger partial charge in [-0.05, 0) is 25.1 Å². The summed E-state index contributed by atoms with van der Waals surface area (Å²) >= 11 is 1.37. The fourth-order valence-corrected chi connectivity index (χ4v) is 2.28. The van der Waals surface area contributed by atoms with Gasteiger partial charge in [0.05, 0.1) is 7.11 Å². The molecule has 1 aromatic carbocycles. The summed E-state index contributed by atoms with van der Waals surface area (Å²) in [6, 6.07) is 10.8. The monoisotopic (exact) mass is 248 g/mol. The molecule has 0 bridgehead atoms. The second-order valence-corrected chi connectivity index (χ2v) is 4.71. The third kappa shape index (κ3) is 2.65. The van der Waals surface area contributed by atoms with E-state index in [0.717, 1.165) is 4.88 Å². The average Bonchev–Trinajstić information content (AvgIpc) is 2.72. The lowest BCUT2D eigenvalue weighted by Crippen LogP contribution is -2.07. The maximum absolute atomic E-state index is 11.9. The number of carbonyl (C=O) groups excluding carboxylic acids is 1. The van der Waals surface area contributed by atoms with E-state index < -0.39 is 0 Å². The number of thiophene rings is 1. The van der Waals surface area contributed by atoms with Gasteiger partial charge in [-0.15, -0.1) is 11.3 Å². The number of esters is 1. The number of carbonyl (C=O) groups is 1. The number of ether oxygens (including phenoxy) is 2. The predicted octanol–water partition coefficient (Wildman–Crippen LogP) is 3.28. The minimum absolute atomic E-state index is 0.383. The number of hydrogen-bond acceptors (Lipinski definition) is 4. The lowest BCUT2D eigenvalue weighted by molar-refractivity contribution is 0.0737. The van der Waals surface area contributed by atoms with Gasteiger partial charge in [0.2, 0.25) is 0 Å². The average molecular weight is 248 g/mol. The van der Waals surface area contributed by atoms with Crippen molar-refractivity contribution in [2.75, 3.05) is 7.11 Å². The zero-order valence-corrected chi connectivity index (χ0v) is 10.4. The molecule has 3 nitrogen and oxygen atoms in total. The van der Waals surface area contributed by atoms with Crippen LogP contribution in [0.25, 0.3) is 0 Å². The molecule has 2 rings (SSSR count). The number of methoxy groups -OCH3 is 1. The van der Waals surface area contributed by atoms with Crippen LogP contribution in [-0.2, 0) is 0 Å². The number of rotatable bonds is 3. The van der Waals surface area contributed by atoms with E-state index >= 15 is 0 Å². The van der Waals surface area contributed by atoms with Gasteiger partial charge in [0, 0.05) is 4.88 Å². The van der Waals surface area contributed by atoms with Gasteiger partial charge in [-0.3, -0.25) is 0 Å². The van der Waals surface area contributed by atoms with Crippen molar-refractivity contribution in [2.24, 2.45) is 0 Å². The first-order valence-corrected chi connectivity index (χ1v) is 5.94. The van der Waals surface area contributed by atoms with Crippen LogP contribution in [-0.4, -0.2) is 13.1 Å². The van der Waals surface area contributed by atoms with Gasteiger partial charge in [0.15, 0.2) is 4.88 Å². The van der Waals surface area contributed by atoms with E-state index in [9.17, 15) is 4.79 Å². The number of para-hydroxylation sites is 1. The SMILES string of the molecule is COc1cc(C)sc1C(=O)Oc1ccccc1. The van der Waals surface area contributed by atoms with E-state index in [1.165, 1.54) is 11.3 Å². The van der Waals surface area contributed by atoms with Crippen LogP contribution < -0.4 is 9.47 Å². The molecule has 0 saturated heterocycles. The quantitative estimate of drug-likeness (QED) is 0.617. The van der Waals surface area contributed by atoms with E-state index in [0.29, 0.717) is 16.4 Å². The van der Waals surface area contributed by atoms with Crippen molar-refractivity contribution >= 4 is 17.3 Å². The van der Waals surface area contributed by atoms with Crippen LogP contribution in [0.2, 0.25) is 0 Å². The molecule has 0 atom stereocenters. The van der Waals surface area contributed by atoms with Gasteiger partial charge in [-0.2, -0.15) is 0 Å². The van der Waals surface area contributed by atoms with E-state index in [1.54, 1.807) is 19.2 Å². The number of aryl methyl sites for hydroxylation is 1. The molecule has 1 heterocycles. The van der Waals surface area contributed by atoms with Gasteiger partial charge < -0.3 is 9.47 Å². The largest absolute Gasteiger partial charge is 0.495 e. The van der Waals surface area contributed by atoms with Crippen molar-refractivity contribution in [3.63, 3.8) is 0 Å². The zero-order valence-electron chi connectivity index (χ0n) is 9.60. The highest BCUT2D eigenvalue weighted by Crippen LogP contribution is 2.29. The Labute approximate surface area is 104 Å². The summed E-state index contributed by atoms with van der Waals surface area (Å²) < 4.78 is 10.4. The lowest BCUT2D eigenvalue weighted by atomic mass is 10.3. The molecule has 0 aliphatic heterocycles. The summed E-state index contributed by atoms with van der Waals surface area (Å²) in [5, 5.41) is 0. The second-order valence-electron chi connectivity index (χ2n) is 3.46. The van der Waals surface area contributed by atoms with Crippen LogP contribution in [0.5, 0.6) is 11.5 Å². The maximum Gasteiger partial charge on any atom is 0.357 e. The summed E-state index contributed by atoms with van der Waals surface area (Å²) in [6.45, 7) is 1.92. The van der Waals surface area contributed by atoms with Crippen LogP contribution in [0.15, 0.2) is 36.4 Å². The normalized spacial score (nSPS) is 10.0. The van der Waals surface area contributed by atoms with Crippen molar-refractivity contribution in [1.82, 2.24) is 0 Å². The van der Waals surface area contributed by atoms with Gasteiger partial charge >= 0.3 is 5.97 Å². The second kappa shape index (κ2) is 5.01. The highest BCUT2D eigenvalue weighted by atomic mass is 32.1. The highest BCUT2D eigenvalue weighted by Gasteiger charge is 2.17. The minimum Gasteiger partial charge on any atom is -0.495 e. The van der Waals surface area contributed by atoms with Crippen molar-refractivity contribution < 1.29 is 14.3 Å². The Bertz CT molecular complexity index is 517. The molecule has 0 N–H and O–H groups in total. The summed E-state index contributed by atoms with van der Waals surface area (Å²) in [6.07, 6.45) is 0. The summed E-state index contributed by atoms with van der Waals surface area (Å²) in [5.41, 5.74) is 0. The molecule has 0 aliphatic carbocycles. The summed E-state index contributed by atoms with van der Waals surface area (Å²) in [4.78, 5) is 13.4. The topological polar surface area (TPSA) is 35.5 Å². The molecule has 4 heteroatoms. The van der Waals surface area contributed by atoms with Crippen LogP contribution >= 0.6 is 11.3 Å². The Kier molecular flexibility index (Phi) is 3.44. The fraction of sp³-hybridized carbons (Fsp3) is 0.154. The molecule has 0 aliphatic rings. The Balaban J connectivity index is 2.20. The molecule has 17 heavy (non-hydrogen) atoms.